The fourth-order valence-corrected chi connectivity index (χ4v) is 1.31. The van der Waals surface area contributed by atoms with Crippen LogP contribution in [0.2, 0.25) is 0 Å². The van der Waals surface area contributed by atoms with Crippen molar-refractivity contribution >= 4 is 0 Å². The van der Waals surface area contributed by atoms with Gasteiger partial charge < -0.3 is 15.6 Å². The molecule has 1 aromatic rings. The Labute approximate surface area is 101 Å². The van der Waals surface area contributed by atoms with Gasteiger partial charge in [-0.1, -0.05) is 13.0 Å². The van der Waals surface area contributed by atoms with Gasteiger partial charge in [-0.15, -0.1) is 0 Å². The van der Waals surface area contributed by atoms with E-state index in [4.69, 9.17) is 10.5 Å². The number of aliphatic hydroxyl groups is 1. The van der Waals surface area contributed by atoms with Crippen molar-refractivity contribution in [2.75, 3.05) is 6.61 Å². The molecule has 0 aromatic heterocycles. The summed E-state index contributed by atoms with van der Waals surface area (Å²) in [6.45, 7) is 5.41. The van der Waals surface area contributed by atoms with E-state index >= 15 is 0 Å². The van der Waals surface area contributed by atoms with Crippen LogP contribution in [0.15, 0.2) is 18.2 Å². The molecule has 0 amide bonds. The van der Waals surface area contributed by atoms with Crippen molar-refractivity contribution < 1.29 is 14.2 Å². The van der Waals surface area contributed by atoms with Crippen molar-refractivity contribution in [3.63, 3.8) is 0 Å². The molecule has 0 heterocycles. The molecule has 0 fully saturated rings. The van der Waals surface area contributed by atoms with E-state index in [9.17, 15) is 9.50 Å². The summed E-state index contributed by atoms with van der Waals surface area (Å²) < 4.78 is 18.9. The highest BCUT2D eigenvalue weighted by molar-refractivity contribution is 5.30. The van der Waals surface area contributed by atoms with Crippen LogP contribution < -0.4 is 10.5 Å². The SMILES string of the molecule is CCC(C)(O)COc1ccc([C@H](C)N)c(F)c1. The largest absolute Gasteiger partial charge is 0.491 e. The first-order valence-electron chi connectivity index (χ1n) is 5.76. The average Bonchev–Trinajstić information content (AvgIpc) is 2.26. The summed E-state index contributed by atoms with van der Waals surface area (Å²) in [5.41, 5.74) is 5.17. The van der Waals surface area contributed by atoms with E-state index in [0.717, 1.165) is 0 Å². The summed E-state index contributed by atoms with van der Waals surface area (Å²) in [5.74, 6) is 0.0225. The molecule has 4 heteroatoms. The van der Waals surface area contributed by atoms with Crippen LogP contribution in [0.1, 0.15) is 38.8 Å². The maximum Gasteiger partial charge on any atom is 0.131 e. The molecule has 1 rings (SSSR count). The number of nitrogens with two attached hydrogens (primary N) is 1. The Morgan fingerprint density at radius 1 is 1.53 bits per heavy atom. The number of halogens is 1. The maximum absolute atomic E-state index is 13.6. The van der Waals surface area contributed by atoms with Crippen LogP contribution in [-0.4, -0.2) is 17.3 Å². The monoisotopic (exact) mass is 241 g/mol. The fourth-order valence-electron chi connectivity index (χ4n) is 1.31. The Hall–Kier alpha value is -1.13. The highest BCUT2D eigenvalue weighted by Crippen LogP contribution is 2.21. The van der Waals surface area contributed by atoms with Crippen LogP contribution >= 0.6 is 0 Å². The number of hydrogen-bond acceptors (Lipinski definition) is 3. The van der Waals surface area contributed by atoms with Crippen molar-refractivity contribution in [1.29, 1.82) is 0 Å². The Morgan fingerprint density at radius 2 is 2.18 bits per heavy atom. The third-order valence-corrected chi connectivity index (χ3v) is 2.77. The predicted octanol–water partition coefficient (Wildman–Crippen LogP) is 2.39. The van der Waals surface area contributed by atoms with Crippen molar-refractivity contribution in [2.24, 2.45) is 5.73 Å². The van der Waals surface area contributed by atoms with Gasteiger partial charge in [-0.3, -0.25) is 0 Å². The first kappa shape index (κ1) is 13.9. The highest BCUT2D eigenvalue weighted by atomic mass is 19.1. The Bertz CT molecular complexity index is 378. The smallest absolute Gasteiger partial charge is 0.131 e. The predicted molar refractivity (Wildman–Crippen MR) is 65.4 cm³/mol. The second kappa shape index (κ2) is 5.47. The van der Waals surface area contributed by atoms with Crippen LogP contribution in [0.3, 0.4) is 0 Å². The van der Waals surface area contributed by atoms with E-state index in [-0.39, 0.29) is 18.5 Å². The molecule has 2 atom stereocenters. The Morgan fingerprint density at radius 3 is 2.65 bits per heavy atom. The van der Waals surface area contributed by atoms with Crippen LogP contribution in [-0.2, 0) is 0 Å². The zero-order valence-electron chi connectivity index (χ0n) is 10.5. The number of rotatable bonds is 5. The summed E-state index contributed by atoms with van der Waals surface area (Å²) in [7, 11) is 0. The van der Waals surface area contributed by atoms with Gasteiger partial charge in [0.05, 0.1) is 5.60 Å². The van der Waals surface area contributed by atoms with Gasteiger partial charge >= 0.3 is 0 Å². The standard InChI is InChI=1S/C13H20FNO2/c1-4-13(3,16)8-17-10-5-6-11(9(2)15)12(14)7-10/h5-7,9,16H,4,8,15H2,1-3H3/t9-,13?/m0/s1. The van der Waals surface area contributed by atoms with E-state index in [1.807, 2.05) is 6.92 Å². The maximum atomic E-state index is 13.6. The first-order chi connectivity index (χ1) is 7.85. The Kier molecular flexibility index (Phi) is 4.48. The minimum Gasteiger partial charge on any atom is -0.491 e. The summed E-state index contributed by atoms with van der Waals surface area (Å²) >= 11 is 0. The van der Waals surface area contributed by atoms with Gasteiger partial charge in [0.25, 0.3) is 0 Å². The molecule has 1 unspecified atom stereocenters. The zero-order chi connectivity index (χ0) is 13.1. The van der Waals surface area contributed by atoms with Gasteiger partial charge in [0, 0.05) is 17.7 Å². The molecule has 1 aromatic carbocycles. The lowest BCUT2D eigenvalue weighted by atomic mass is 10.1. The minimum absolute atomic E-state index is 0.139. The van der Waals surface area contributed by atoms with Crippen LogP contribution in [0.5, 0.6) is 5.75 Å². The number of hydrogen-bond donors (Lipinski definition) is 2. The number of ether oxygens (including phenoxy) is 1. The van der Waals surface area contributed by atoms with Gasteiger partial charge in [0.15, 0.2) is 0 Å². The topological polar surface area (TPSA) is 55.5 Å². The number of benzene rings is 1. The van der Waals surface area contributed by atoms with E-state index in [0.29, 0.717) is 17.7 Å². The van der Waals surface area contributed by atoms with Crippen molar-refractivity contribution in [3.8, 4) is 5.75 Å². The molecular weight excluding hydrogens is 221 g/mol. The summed E-state index contributed by atoms with van der Waals surface area (Å²) in [6, 6.07) is 4.22. The van der Waals surface area contributed by atoms with Crippen molar-refractivity contribution in [2.45, 2.75) is 38.8 Å². The molecular formula is C13H20FNO2. The molecule has 0 bridgehead atoms. The lowest BCUT2D eigenvalue weighted by Crippen LogP contribution is -2.31. The third-order valence-electron chi connectivity index (χ3n) is 2.77. The molecule has 0 radical (unpaired) electrons. The van der Waals surface area contributed by atoms with Gasteiger partial charge in [-0.25, -0.2) is 4.39 Å². The van der Waals surface area contributed by atoms with Gasteiger partial charge in [0.1, 0.15) is 18.2 Å². The minimum atomic E-state index is -0.893. The van der Waals surface area contributed by atoms with Crippen LogP contribution in [0, 0.1) is 5.82 Å². The summed E-state index contributed by atoms with van der Waals surface area (Å²) in [6.07, 6.45) is 0.577. The van der Waals surface area contributed by atoms with Gasteiger partial charge in [-0.05, 0) is 26.3 Å². The van der Waals surface area contributed by atoms with E-state index in [1.54, 1.807) is 26.0 Å². The van der Waals surface area contributed by atoms with E-state index < -0.39 is 5.60 Å². The molecule has 17 heavy (non-hydrogen) atoms. The molecule has 3 nitrogen and oxygen atoms in total. The van der Waals surface area contributed by atoms with Crippen molar-refractivity contribution in [1.82, 2.24) is 0 Å². The van der Waals surface area contributed by atoms with Gasteiger partial charge in [-0.2, -0.15) is 0 Å². The molecule has 0 spiro atoms. The second-order valence-electron chi connectivity index (χ2n) is 4.61. The average molecular weight is 241 g/mol. The molecule has 0 saturated heterocycles. The van der Waals surface area contributed by atoms with Crippen molar-refractivity contribution in [3.05, 3.63) is 29.6 Å². The van der Waals surface area contributed by atoms with E-state index in [1.165, 1.54) is 6.07 Å². The fraction of sp³-hybridized carbons (Fsp3) is 0.538. The second-order valence-corrected chi connectivity index (χ2v) is 4.61. The third kappa shape index (κ3) is 3.98. The first-order valence-corrected chi connectivity index (χ1v) is 5.76. The van der Waals surface area contributed by atoms with E-state index in [2.05, 4.69) is 0 Å². The summed E-state index contributed by atoms with van der Waals surface area (Å²) in [4.78, 5) is 0. The molecule has 0 aliphatic heterocycles. The lowest BCUT2D eigenvalue weighted by Gasteiger charge is -2.21. The molecule has 3 N–H and O–H groups in total. The zero-order valence-corrected chi connectivity index (χ0v) is 10.5. The molecule has 0 aliphatic rings. The quantitative estimate of drug-likeness (QED) is 0.832. The lowest BCUT2D eigenvalue weighted by molar-refractivity contribution is 0.00836. The molecule has 96 valence electrons. The molecule has 0 saturated carbocycles. The Balaban J connectivity index is 2.71. The van der Waals surface area contributed by atoms with Crippen LogP contribution in [0.4, 0.5) is 4.39 Å². The summed E-state index contributed by atoms with van der Waals surface area (Å²) in [5, 5.41) is 9.76. The molecule has 0 aliphatic carbocycles. The normalized spacial score (nSPS) is 16.4. The van der Waals surface area contributed by atoms with Crippen LogP contribution in [0.25, 0.3) is 0 Å². The van der Waals surface area contributed by atoms with Gasteiger partial charge in [0.2, 0.25) is 0 Å². The highest BCUT2D eigenvalue weighted by Gasteiger charge is 2.18.